The van der Waals surface area contributed by atoms with Crippen molar-refractivity contribution in [2.45, 2.75) is 44.4 Å². The minimum Gasteiger partial charge on any atom is -0.384 e. The second-order valence-corrected chi connectivity index (χ2v) is 6.14. The summed E-state index contributed by atoms with van der Waals surface area (Å²) in [6.45, 7) is 5.33. The van der Waals surface area contributed by atoms with Crippen LogP contribution < -0.4 is 10.0 Å². The van der Waals surface area contributed by atoms with Crippen LogP contribution >= 0.6 is 0 Å². The van der Waals surface area contributed by atoms with Gasteiger partial charge in [-0.05, 0) is 18.9 Å². The Bertz CT molecular complexity index is 475. The van der Waals surface area contributed by atoms with Crippen molar-refractivity contribution in [3.05, 3.63) is 18.5 Å². The molecule has 0 fully saturated rings. The topological polar surface area (TPSA) is 71.1 Å². The number of unbranched alkanes of at least 4 members (excludes halogenated alkanes) is 2. The number of nitrogens with one attached hydrogen (secondary N) is 2. The molecule has 0 radical (unpaired) electrons. The molecule has 1 aromatic heterocycles. The van der Waals surface area contributed by atoms with E-state index in [9.17, 15) is 8.42 Å². The van der Waals surface area contributed by atoms with Crippen LogP contribution in [-0.2, 0) is 10.0 Å². The van der Waals surface area contributed by atoms with Gasteiger partial charge < -0.3 is 5.32 Å². The summed E-state index contributed by atoms with van der Waals surface area (Å²) in [6, 6.07) is 1.69. The van der Waals surface area contributed by atoms with Crippen LogP contribution in [0.3, 0.4) is 0 Å². The van der Waals surface area contributed by atoms with Gasteiger partial charge in [0, 0.05) is 25.5 Å². The number of sulfonamides is 1. The van der Waals surface area contributed by atoms with Crippen LogP contribution in [0.15, 0.2) is 23.4 Å². The van der Waals surface area contributed by atoms with Crippen molar-refractivity contribution in [2.75, 3.05) is 18.4 Å². The van der Waals surface area contributed by atoms with E-state index in [-0.39, 0.29) is 4.90 Å². The maximum Gasteiger partial charge on any atom is 0.244 e. The third-order valence-electron chi connectivity index (χ3n) is 2.71. The highest BCUT2D eigenvalue weighted by atomic mass is 32.2. The van der Waals surface area contributed by atoms with Crippen LogP contribution in [0.1, 0.15) is 39.5 Å². The Morgan fingerprint density at radius 2 is 1.95 bits per heavy atom. The Labute approximate surface area is 115 Å². The maximum atomic E-state index is 12.2. The highest BCUT2D eigenvalue weighted by molar-refractivity contribution is 7.89. The monoisotopic (exact) mass is 285 g/mol. The van der Waals surface area contributed by atoms with Crippen molar-refractivity contribution in [1.29, 1.82) is 0 Å². The SMILES string of the molecule is CCCCCNS(=O)(=O)c1cnccc1NCCC. The molecule has 0 aliphatic carbocycles. The van der Waals surface area contributed by atoms with E-state index in [4.69, 9.17) is 0 Å². The van der Waals surface area contributed by atoms with Gasteiger partial charge >= 0.3 is 0 Å². The molecule has 2 N–H and O–H groups in total. The van der Waals surface area contributed by atoms with Crippen LogP contribution in [-0.4, -0.2) is 26.5 Å². The van der Waals surface area contributed by atoms with Crippen molar-refractivity contribution in [1.82, 2.24) is 9.71 Å². The van der Waals surface area contributed by atoms with Gasteiger partial charge in [0.05, 0.1) is 5.69 Å². The van der Waals surface area contributed by atoms with Crippen molar-refractivity contribution >= 4 is 15.7 Å². The molecule has 0 aromatic carbocycles. The lowest BCUT2D eigenvalue weighted by molar-refractivity contribution is 0.576. The number of anilines is 1. The Morgan fingerprint density at radius 1 is 1.16 bits per heavy atom. The van der Waals surface area contributed by atoms with Crippen LogP contribution in [0.2, 0.25) is 0 Å². The largest absolute Gasteiger partial charge is 0.384 e. The van der Waals surface area contributed by atoms with Gasteiger partial charge in [-0.25, -0.2) is 13.1 Å². The zero-order valence-corrected chi connectivity index (χ0v) is 12.5. The summed E-state index contributed by atoms with van der Waals surface area (Å²) in [5.41, 5.74) is 0.611. The maximum absolute atomic E-state index is 12.2. The molecule has 1 heterocycles. The highest BCUT2D eigenvalue weighted by Crippen LogP contribution is 2.19. The first-order valence-corrected chi connectivity index (χ1v) is 8.27. The van der Waals surface area contributed by atoms with Crippen molar-refractivity contribution in [2.24, 2.45) is 0 Å². The lowest BCUT2D eigenvalue weighted by Gasteiger charge is -2.12. The number of hydrogen-bond donors (Lipinski definition) is 2. The Kier molecular flexibility index (Phi) is 6.80. The van der Waals surface area contributed by atoms with E-state index in [1.807, 2.05) is 6.92 Å². The fourth-order valence-corrected chi connectivity index (χ4v) is 2.86. The quantitative estimate of drug-likeness (QED) is 0.683. The van der Waals surface area contributed by atoms with Gasteiger partial charge in [0.25, 0.3) is 0 Å². The number of pyridine rings is 1. The molecule has 19 heavy (non-hydrogen) atoms. The van der Waals surface area contributed by atoms with E-state index in [1.54, 1.807) is 12.3 Å². The van der Waals surface area contributed by atoms with Crippen LogP contribution in [0.25, 0.3) is 0 Å². The summed E-state index contributed by atoms with van der Waals surface area (Å²) in [5.74, 6) is 0. The predicted octanol–water partition coefficient (Wildman–Crippen LogP) is 2.37. The molecule has 0 amide bonds. The molecule has 1 rings (SSSR count). The molecule has 6 heteroatoms. The predicted molar refractivity (Wildman–Crippen MR) is 77.7 cm³/mol. The molecule has 5 nitrogen and oxygen atoms in total. The molecule has 0 saturated carbocycles. The minimum absolute atomic E-state index is 0.222. The number of rotatable bonds is 9. The average molecular weight is 285 g/mol. The lowest BCUT2D eigenvalue weighted by atomic mass is 10.3. The Morgan fingerprint density at radius 3 is 2.63 bits per heavy atom. The van der Waals surface area contributed by atoms with Crippen molar-refractivity contribution in [3.8, 4) is 0 Å². The third kappa shape index (κ3) is 5.16. The molecule has 0 saturated heterocycles. The molecule has 0 bridgehead atoms. The van der Waals surface area contributed by atoms with Crippen LogP contribution in [0, 0.1) is 0 Å². The molecule has 0 spiro atoms. The van der Waals surface area contributed by atoms with Gasteiger partial charge in [0.1, 0.15) is 4.90 Å². The van der Waals surface area contributed by atoms with Gasteiger partial charge in [-0.15, -0.1) is 0 Å². The second kappa shape index (κ2) is 8.12. The summed E-state index contributed by atoms with van der Waals surface area (Å²) in [7, 11) is -3.48. The average Bonchev–Trinajstić information content (AvgIpc) is 2.41. The van der Waals surface area contributed by atoms with E-state index in [0.29, 0.717) is 12.2 Å². The van der Waals surface area contributed by atoms with Gasteiger partial charge in [-0.1, -0.05) is 26.7 Å². The first-order valence-electron chi connectivity index (χ1n) is 6.79. The number of aromatic nitrogens is 1. The lowest BCUT2D eigenvalue weighted by Crippen LogP contribution is -2.26. The summed E-state index contributed by atoms with van der Waals surface area (Å²) < 4.78 is 27.0. The van der Waals surface area contributed by atoms with E-state index >= 15 is 0 Å². The van der Waals surface area contributed by atoms with E-state index in [2.05, 4.69) is 21.9 Å². The first-order chi connectivity index (χ1) is 9.11. The van der Waals surface area contributed by atoms with Gasteiger partial charge in [0.15, 0.2) is 0 Å². The zero-order chi connectivity index (χ0) is 14.1. The molecular weight excluding hydrogens is 262 g/mol. The summed E-state index contributed by atoms with van der Waals surface area (Å²) >= 11 is 0. The van der Waals surface area contributed by atoms with E-state index in [0.717, 1.165) is 32.2 Å². The van der Waals surface area contributed by atoms with E-state index in [1.165, 1.54) is 6.20 Å². The Balaban J connectivity index is 2.76. The molecule has 1 aromatic rings. The molecule has 0 aliphatic heterocycles. The molecule has 108 valence electrons. The summed E-state index contributed by atoms with van der Waals surface area (Å²) in [6.07, 6.45) is 6.86. The molecular formula is C13H23N3O2S. The molecule has 0 unspecified atom stereocenters. The molecule has 0 aliphatic rings. The van der Waals surface area contributed by atoms with Crippen molar-refractivity contribution in [3.63, 3.8) is 0 Å². The van der Waals surface area contributed by atoms with Crippen molar-refractivity contribution < 1.29 is 8.42 Å². The Hall–Kier alpha value is -1.14. The normalized spacial score (nSPS) is 11.5. The molecule has 0 atom stereocenters. The van der Waals surface area contributed by atoms with Gasteiger partial charge in [0.2, 0.25) is 10.0 Å². The van der Waals surface area contributed by atoms with Crippen LogP contribution in [0.5, 0.6) is 0 Å². The fourth-order valence-electron chi connectivity index (χ4n) is 1.66. The third-order valence-corrected chi connectivity index (χ3v) is 4.20. The highest BCUT2D eigenvalue weighted by Gasteiger charge is 2.17. The first kappa shape index (κ1) is 15.9. The van der Waals surface area contributed by atoms with Crippen LogP contribution in [0.4, 0.5) is 5.69 Å². The summed E-state index contributed by atoms with van der Waals surface area (Å²) in [5, 5.41) is 3.11. The zero-order valence-electron chi connectivity index (χ0n) is 11.6. The number of hydrogen-bond acceptors (Lipinski definition) is 4. The van der Waals surface area contributed by atoms with E-state index < -0.39 is 10.0 Å². The summed E-state index contributed by atoms with van der Waals surface area (Å²) in [4.78, 5) is 4.13. The smallest absolute Gasteiger partial charge is 0.244 e. The second-order valence-electron chi connectivity index (χ2n) is 4.40. The minimum atomic E-state index is -3.48. The van der Waals surface area contributed by atoms with Gasteiger partial charge in [-0.2, -0.15) is 0 Å². The van der Waals surface area contributed by atoms with Gasteiger partial charge in [-0.3, -0.25) is 4.98 Å². The standard InChI is InChI=1S/C13H23N3O2S/c1-3-5-6-9-16-19(17,18)13-11-14-10-7-12(13)15-8-4-2/h7,10-11,16H,3-6,8-9H2,1-2H3,(H,14,15). The number of nitrogens with zero attached hydrogens (tertiary/aromatic N) is 1. The fraction of sp³-hybridized carbons (Fsp3) is 0.615.